The van der Waals surface area contributed by atoms with Crippen molar-refractivity contribution >= 4 is 5.91 Å². The summed E-state index contributed by atoms with van der Waals surface area (Å²) in [6.07, 6.45) is 2.74. The summed E-state index contributed by atoms with van der Waals surface area (Å²) in [5.74, 6) is -0.0102. The third-order valence-electron chi connectivity index (χ3n) is 2.22. The predicted octanol–water partition coefficient (Wildman–Crippen LogP) is 0.480. The van der Waals surface area contributed by atoms with Crippen molar-refractivity contribution in [2.24, 2.45) is 0 Å². The predicted molar refractivity (Wildman–Crippen MR) is 59.4 cm³/mol. The van der Waals surface area contributed by atoms with Gasteiger partial charge in [-0.1, -0.05) is 13.0 Å². The molecule has 1 aromatic rings. The van der Waals surface area contributed by atoms with E-state index in [1.807, 2.05) is 6.07 Å². The molecule has 1 aromatic heterocycles. The Morgan fingerprint density at radius 1 is 1.53 bits per heavy atom. The molecule has 15 heavy (non-hydrogen) atoms. The highest BCUT2D eigenvalue weighted by Crippen LogP contribution is 2.05. The SMILES string of the molecule is CCc1cccnc1CNCC(=O)NC. The molecule has 1 rings (SSSR count). The van der Waals surface area contributed by atoms with Crippen molar-refractivity contribution in [1.82, 2.24) is 15.6 Å². The van der Waals surface area contributed by atoms with E-state index in [1.165, 1.54) is 5.56 Å². The standard InChI is InChI=1S/C11H17N3O/c1-3-9-5-4-6-14-10(9)7-13-8-11(15)12-2/h4-6,13H,3,7-8H2,1-2H3,(H,12,15). The van der Waals surface area contributed by atoms with Gasteiger partial charge in [-0.2, -0.15) is 0 Å². The smallest absolute Gasteiger partial charge is 0.233 e. The molecule has 82 valence electrons. The number of aryl methyl sites for hydroxylation is 1. The molecule has 0 saturated heterocycles. The summed E-state index contributed by atoms with van der Waals surface area (Å²) >= 11 is 0. The van der Waals surface area contributed by atoms with E-state index in [1.54, 1.807) is 13.2 Å². The van der Waals surface area contributed by atoms with Crippen LogP contribution in [-0.2, 0) is 17.8 Å². The van der Waals surface area contributed by atoms with Gasteiger partial charge in [-0.25, -0.2) is 0 Å². The molecule has 4 heteroatoms. The van der Waals surface area contributed by atoms with E-state index in [9.17, 15) is 4.79 Å². The van der Waals surface area contributed by atoms with Gasteiger partial charge in [0.25, 0.3) is 0 Å². The van der Waals surface area contributed by atoms with Crippen LogP contribution in [0.2, 0.25) is 0 Å². The van der Waals surface area contributed by atoms with Gasteiger partial charge in [0.15, 0.2) is 0 Å². The first kappa shape index (κ1) is 11.7. The van der Waals surface area contributed by atoms with Crippen LogP contribution in [-0.4, -0.2) is 24.5 Å². The Hall–Kier alpha value is -1.42. The molecule has 0 aliphatic rings. The van der Waals surface area contributed by atoms with Crippen LogP contribution in [0.15, 0.2) is 18.3 Å². The molecule has 0 atom stereocenters. The Labute approximate surface area is 90.1 Å². The molecule has 0 saturated carbocycles. The Balaban J connectivity index is 2.46. The summed E-state index contributed by atoms with van der Waals surface area (Å²) in [5, 5.41) is 5.61. The lowest BCUT2D eigenvalue weighted by molar-refractivity contribution is -0.119. The molecule has 0 aliphatic heterocycles. The van der Waals surface area contributed by atoms with Crippen molar-refractivity contribution in [2.45, 2.75) is 19.9 Å². The Bertz CT molecular complexity index is 325. The summed E-state index contributed by atoms with van der Waals surface area (Å²) in [7, 11) is 1.63. The Kier molecular flexibility index (Phi) is 4.77. The van der Waals surface area contributed by atoms with Crippen LogP contribution >= 0.6 is 0 Å². The maximum atomic E-state index is 11.0. The molecule has 0 bridgehead atoms. The van der Waals surface area contributed by atoms with Crippen LogP contribution in [0.4, 0.5) is 0 Å². The maximum Gasteiger partial charge on any atom is 0.233 e. The van der Waals surface area contributed by atoms with Crippen LogP contribution in [0.3, 0.4) is 0 Å². The number of carbonyl (C=O) groups is 1. The van der Waals surface area contributed by atoms with Crippen LogP contribution in [0, 0.1) is 0 Å². The highest BCUT2D eigenvalue weighted by Gasteiger charge is 2.02. The van der Waals surface area contributed by atoms with Crippen molar-refractivity contribution in [2.75, 3.05) is 13.6 Å². The molecule has 0 aliphatic carbocycles. The largest absolute Gasteiger partial charge is 0.358 e. The number of amides is 1. The van der Waals surface area contributed by atoms with Gasteiger partial charge in [0.2, 0.25) is 5.91 Å². The fraction of sp³-hybridized carbons (Fsp3) is 0.455. The minimum Gasteiger partial charge on any atom is -0.358 e. The van der Waals surface area contributed by atoms with Gasteiger partial charge in [0, 0.05) is 19.8 Å². The number of aromatic nitrogens is 1. The van der Waals surface area contributed by atoms with Crippen molar-refractivity contribution in [3.63, 3.8) is 0 Å². The van der Waals surface area contributed by atoms with E-state index in [2.05, 4.69) is 28.6 Å². The van der Waals surface area contributed by atoms with E-state index in [-0.39, 0.29) is 5.91 Å². The molecule has 0 radical (unpaired) electrons. The first-order chi connectivity index (χ1) is 7.27. The van der Waals surface area contributed by atoms with Gasteiger partial charge < -0.3 is 10.6 Å². The zero-order valence-corrected chi connectivity index (χ0v) is 9.21. The van der Waals surface area contributed by atoms with E-state index in [0.717, 1.165) is 12.1 Å². The second kappa shape index (κ2) is 6.14. The number of hydrogen-bond donors (Lipinski definition) is 2. The van der Waals surface area contributed by atoms with E-state index in [4.69, 9.17) is 0 Å². The highest BCUT2D eigenvalue weighted by molar-refractivity contribution is 5.77. The minimum absolute atomic E-state index is 0.0102. The van der Waals surface area contributed by atoms with Crippen LogP contribution < -0.4 is 10.6 Å². The summed E-state index contributed by atoms with van der Waals surface area (Å²) in [4.78, 5) is 15.2. The number of nitrogens with zero attached hydrogens (tertiary/aromatic N) is 1. The van der Waals surface area contributed by atoms with E-state index in [0.29, 0.717) is 13.1 Å². The molecule has 0 fully saturated rings. The van der Waals surface area contributed by atoms with E-state index < -0.39 is 0 Å². The average molecular weight is 207 g/mol. The number of carbonyl (C=O) groups excluding carboxylic acids is 1. The van der Waals surface area contributed by atoms with Gasteiger partial charge >= 0.3 is 0 Å². The summed E-state index contributed by atoms with van der Waals surface area (Å²) < 4.78 is 0. The molecule has 0 unspecified atom stereocenters. The zero-order chi connectivity index (χ0) is 11.1. The quantitative estimate of drug-likeness (QED) is 0.738. The van der Waals surface area contributed by atoms with Gasteiger partial charge in [-0.15, -0.1) is 0 Å². The van der Waals surface area contributed by atoms with Crippen LogP contribution in [0.1, 0.15) is 18.2 Å². The molecule has 1 amide bonds. The third kappa shape index (κ3) is 3.67. The fourth-order valence-corrected chi connectivity index (χ4v) is 1.34. The van der Waals surface area contributed by atoms with Gasteiger partial charge in [-0.05, 0) is 18.1 Å². The molecule has 0 aromatic carbocycles. The fourth-order valence-electron chi connectivity index (χ4n) is 1.34. The maximum absolute atomic E-state index is 11.0. The van der Waals surface area contributed by atoms with Crippen molar-refractivity contribution in [3.05, 3.63) is 29.6 Å². The minimum atomic E-state index is -0.0102. The van der Waals surface area contributed by atoms with Gasteiger partial charge in [0.05, 0.1) is 12.2 Å². The summed E-state index contributed by atoms with van der Waals surface area (Å²) in [6, 6.07) is 3.99. The third-order valence-corrected chi connectivity index (χ3v) is 2.22. The number of nitrogens with one attached hydrogen (secondary N) is 2. The lowest BCUT2D eigenvalue weighted by Gasteiger charge is -2.07. The molecular formula is C11H17N3O. The van der Waals surface area contributed by atoms with Crippen LogP contribution in [0.25, 0.3) is 0 Å². The van der Waals surface area contributed by atoms with Gasteiger partial charge in [0.1, 0.15) is 0 Å². The van der Waals surface area contributed by atoms with Crippen molar-refractivity contribution < 1.29 is 4.79 Å². The highest BCUT2D eigenvalue weighted by atomic mass is 16.1. The number of hydrogen-bond acceptors (Lipinski definition) is 3. The normalized spacial score (nSPS) is 10.0. The number of rotatable bonds is 5. The zero-order valence-electron chi connectivity index (χ0n) is 9.21. The number of pyridine rings is 1. The topological polar surface area (TPSA) is 54.0 Å². The number of likely N-dealkylation sites (N-methyl/N-ethyl adjacent to an activating group) is 1. The lowest BCUT2D eigenvalue weighted by Crippen LogP contribution is -2.31. The average Bonchev–Trinajstić information content (AvgIpc) is 2.29. The molecule has 2 N–H and O–H groups in total. The summed E-state index contributed by atoms with van der Waals surface area (Å²) in [5.41, 5.74) is 2.24. The van der Waals surface area contributed by atoms with Crippen LogP contribution in [0.5, 0.6) is 0 Å². The second-order valence-electron chi connectivity index (χ2n) is 3.24. The molecule has 1 heterocycles. The Morgan fingerprint density at radius 2 is 2.33 bits per heavy atom. The molecule has 4 nitrogen and oxygen atoms in total. The van der Waals surface area contributed by atoms with E-state index >= 15 is 0 Å². The summed E-state index contributed by atoms with van der Waals surface area (Å²) in [6.45, 7) is 3.06. The first-order valence-corrected chi connectivity index (χ1v) is 5.12. The molecular weight excluding hydrogens is 190 g/mol. The van der Waals surface area contributed by atoms with Gasteiger partial charge in [-0.3, -0.25) is 9.78 Å². The second-order valence-corrected chi connectivity index (χ2v) is 3.24. The Morgan fingerprint density at radius 3 is 3.00 bits per heavy atom. The first-order valence-electron chi connectivity index (χ1n) is 5.12. The van der Waals surface area contributed by atoms with Crippen molar-refractivity contribution in [3.8, 4) is 0 Å². The monoisotopic (exact) mass is 207 g/mol. The molecule has 0 spiro atoms. The lowest BCUT2D eigenvalue weighted by atomic mass is 10.1. The van der Waals surface area contributed by atoms with Crippen molar-refractivity contribution in [1.29, 1.82) is 0 Å².